The van der Waals surface area contributed by atoms with E-state index in [9.17, 15) is 14.7 Å². The van der Waals surface area contributed by atoms with Crippen LogP contribution in [0, 0.1) is 0 Å². The van der Waals surface area contributed by atoms with Gasteiger partial charge in [0.1, 0.15) is 6.61 Å². The normalized spacial score (nSPS) is 9.65. The third-order valence-corrected chi connectivity index (χ3v) is 2.47. The van der Waals surface area contributed by atoms with Crippen molar-refractivity contribution in [2.24, 2.45) is 0 Å². The first-order valence-electron chi connectivity index (χ1n) is 5.98. The average molecular weight is 279 g/mol. The number of benzene rings is 1. The highest BCUT2D eigenvalue weighted by Gasteiger charge is 2.06. The van der Waals surface area contributed by atoms with Crippen LogP contribution in [-0.2, 0) is 20.9 Å². The molecule has 0 aromatic heterocycles. The highest BCUT2D eigenvalue weighted by molar-refractivity contribution is 5.81. The van der Waals surface area contributed by atoms with Gasteiger partial charge in [0.2, 0.25) is 5.91 Å². The highest BCUT2D eigenvalue weighted by Crippen LogP contribution is 2.26. The van der Waals surface area contributed by atoms with Crippen molar-refractivity contribution in [3.8, 4) is 11.5 Å². The fraction of sp³-hybridized carbons (Fsp3) is 0.286. The molecule has 0 aliphatic carbocycles. The molecule has 2 N–H and O–H groups in total. The van der Waals surface area contributed by atoms with Gasteiger partial charge in [-0.3, -0.25) is 4.79 Å². The summed E-state index contributed by atoms with van der Waals surface area (Å²) in [6.45, 7) is 3.56. The zero-order valence-electron chi connectivity index (χ0n) is 11.2. The number of hydrogen-bond donors (Lipinski definition) is 2. The minimum absolute atomic E-state index is 0.00951. The first-order chi connectivity index (χ1) is 9.56. The Morgan fingerprint density at radius 3 is 2.85 bits per heavy atom. The highest BCUT2D eigenvalue weighted by atomic mass is 16.5. The van der Waals surface area contributed by atoms with Crippen molar-refractivity contribution < 1.29 is 24.2 Å². The molecule has 0 fully saturated rings. The number of ether oxygens (including phenoxy) is 2. The molecule has 20 heavy (non-hydrogen) atoms. The lowest BCUT2D eigenvalue weighted by atomic mass is 10.2. The fourth-order valence-electron chi connectivity index (χ4n) is 1.42. The second-order valence-corrected chi connectivity index (χ2v) is 3.90. The molecule has 0 heterocycles. The van der Waals surface area contributed by atoms with Gasteiger partial charge >= 0.3 is 5.97 Å². The summed E-state index contributed by atoms with van der Waals surface area (Å²) in [5.41, 5.74) is 0.788. The van der Waals surface area contributed by atoms with Crippen molar-refractivity contribution in [3.63, 3.8) is 0 Å². The first kappa shape index (κ1) is 15.6. The lowest BCUT2D eigenvalue weighted by Crippen LogP contribution is -2.24. The van der Waals surface area contributed by atoms with Gasteiger partial charge in [0.05, 0.1) is 13.5 Å². The van der Waals surface area contributed by atoms with Crippen LogP contribution < -0.4 is 10.1 Å². The fourth-order valence-corrected chi connectivity index (χ4v) is 1.42. The van der Waals surface area contributed by atoms with E-state index in [0.717, 1.165) is 11.6 Å². The molecule has 0 radical (unpaired) electrons. The van der Waals surface area contributed by atoms with Crippen LogP contribution in [0.25, 0.3) is 0 Å². The predicted octanol–water partition coefficient (Wildman–Crippen LogP) is 1.14. The Hall–Kier alpha value is -2.50. The Morgan fingerprint density at radius 1 is 1.45 bits per heavy atom. The summed E-state index contributed by atoms with van der Waals surface area (Å²) in [5, 5.41) is 12.1. The third kappa shape index (κ3) is 5.01. The Kier molecular flexibility index (Phi) is 6.09. The van der Waals surface area contributed by atoms with E-state index in [0.29, 0.717) is 12.3 Å². The molecule has 0 saturated heterocycles. The van der Waals surface area contributed by atoms with Crippen LogP contribution in [0.15, 0.2) is 30.9 Å². The van der Waals surface area contributed by atoms with Crippen LogP contribution >= 0.6 is 0 Å². The molecule has 1 aromatic rings. The maximum Gasteiger partial charge on any atom is 0.330 e. The van der Waals surface area contributed by atoms with E-state index in [1.165, 1.54) is 13.2 Å². The van der Waals surface area contributed by atoms with Crippen LogP contribution in [0.3, 0.4) is 0 Å². The third-order valence-electron chi connectivity index (χ3n) is 2.47. The van der Waals surface area contributed by atoms with Crippen molar-refractivity contribution in [1.82, 2.24) is 5.32 Å². The molecule has 0 unspecified atom stereocenters. The van der Waals surface area contributed by atoms with E-state index in [-0.39, 0.29) is 24.7 Å². The van der Waals surface area contributed by atoms with Gasteiger partial charge in [0.15, 0.2) is 11.5 Å². The van der Waals surface area contributed by atoms with Gasteiger partial charge in [-0.2, -0.15) is 0 Å². The second kappa shape index (κ2) is 7.83. The maximum absolute atomic E-state index is 11.5. The van der Waals surface area contributed by atoms with Crippen LogP contribution in [0.4, 0.5) is 0 Å². The molecule has 0 atom stereocenters. The summed E-state index contributed by atoms with van der Waals surface area (Å²) in [4.78, 5) is 22.3. The zero-order chi connectivity index (χ0) is 15.0. The molecule has 1 aromatic carbocycles. The van der Waals surface area contributed by atoms with Gasteiger partial charge in [0, 0.05) is 12.6 Å². The number of nitrogens with one attached hydrogen (secondary N) is 1. The number of aromatic hydroxyl groups is 1. The SMILES string of the molecule is C=CC(=O)OCCC(=O)NCc1ccc(O)c(OC)c1. The lowest BCUT2D eigenvalue weighted by molar-refractivity contribution is -0.138. The van der Waals surface area contributed by atoms with Crippen molar-refractivity contribution >= 4 is 11.9 Å². The topological polar surface area (TPSA) is 84.9 Å². The number of carbonyl (C=O) groups excluding carboxylic acids is 2. The molecule has 108 valence electrons. The molecule has 6 heteroatoms. The summed E-state index contributed by atoms with van der Waals surface area (Å²) < 4.78 is 9.66. The standard InChI is InChI=1S/C14H17NO5/c1-3-14(18)20-7-6-13(17)15-9-10-4-5-11(16)12(8-10)19-2/h3-5,8,16H,1,6-7,9H2,2H3,(H,15,17). The molecule has 0 bridgehead atoms. The van der Waals surface area contributed by atoms with Gasteiger partial charge < -0.3 is 19.9 Å². The van der Waals surface area contributed by atoms with Crippen molar-refractivity contribution in [3.05, 3.63) is 36.4 Å². The van der Waals surface area contributed by atoms with Gasteiger partial charge in [0.25, 0.3) is 0 Å². The van der Waals surface area contributed by atoms with E-state index in [4.69, 9.17) is 9.47 Å². The van der Waals surface area contributed by atoms with Crippen molar-refractivity contribution in [2.45, 2.75) is 13.0 Å². The zero-order valence-corrected chi connectivity index (χ0v) is 11.2. The number of phenols is 1. The number of phenolic OH excluding ortho intramolecular Hbond substituents is 1. The van der Waals surface area contributed by atoms with Crippen LogP contribution in [-0.4, -0.2) is 30.7 Å². The van der Waals surface area contributed by atoms with Gasteiger partial charge in [-0.15, -0.1) is 0 Å². The van der Waals surface area contributed by atoms with E-state index < -0.39 is 5.97 Å². The van der Waals surface area contributed by atoms with Crippen molar-refractivity contribution in [2.75, 3.05) is 13.7 Å². The van der Waals surface area contributed by atoms with Crippen molar-refractivity contribution in [1.29, 1.82) is 0 Å². The molecular weight excluding hydrogens is 262 g/mol. The predicted molar refractivity (Wildman–Crippen MR) is 72.3 cm³/mol. The Morgan fingerprint density at radius 2 is 2.20 bits per heavy atom. The number of methoxy groups -OCH3 is 1. The first-order valence-corrected chi connectivity index (χ1v) is 5.98. The number of amides is 1. The molecule has 0 saturated carbocycles. The summed E-state index contributed by atoms with van der Waals surface area (Å²) in [5.74, 6) is -0.412. The second-order valence-electron chi connectivity index (χ2n) is 3.90. The number of carbonyl (C=O) groups is 2. The molecular formula is C14H17NO5. The molecule has 6 nitrogen and oxygen atoms in total. The monoisotopic (exact) mass is 279 g/mol. The minimum Gasteiger partial charge on any atom is -0.504 e. The van der Waals surface area contributed by atoms with E-state index >= 15 is 0 Å². The quantitative estimate of drug-likeness (QED) is 0.577. The molecule has 0 aliphatic heterocycles. The van der Waals surface area contributed by atoms with E-state index in [1.807, 2.05) is 0 Å². The van der Waals surface area contributed by atoms with Gasteiger partial charge in [-0.25, -0.2) is 4.79 Å². The number of hydrogen-bond acceptors (Lipinski definition) is 5. The average Bonchev–Trinajstić information content (AvgIpc) is 2.46. The van der Waals surface area contributed by atoms with Crippen LogP contribution in [0.5, 0.6) is 11.5 Å². The Balaban J connectivity index is 2.37. The maximum atomic E-state index is 11.5. The minimum atomic E-state index is -0.555. The lowest BCUT2D eigenvalue weighted by Gasteiger charge is -2.08. The Labute approximate surface area is 117 Å². The van der Waals surface area contributed by atoms with E-state index in [2.05, 4.69) is 11.9 Å². The van der Waals surface area contributed by atoms with Crippen LogP contribution in [0.1, 0.15) is 12.0 Å². The van der Waals surface area contributed by atoms with E-state index in [1.54, 1.807) is 12.1 Å². The smallest absolute Gasteiger partial charge is 0.330 e. The summed E-state index contributed by atoms with van der Waals surface area (Å²) in [6, 6.07) is 4.80. The number of esters is 1. The van der Waals surface area contributed by atoms with Gasteiger partial charge in [-0.1, -0.05) is 12.6 Å². The molecule has 0 aliphatic rings. The molecule has 1 rings (SSSR count). The summed E-state index contributed by atoms with van der Waals surface area (Å²) in [6.07, 6.45) is 1.12. The molecule has 0 spiro atoms. The van der Waals surface area contributed by atoms with Crippen LogP contribution in [0.2, 0.25) is 0 Å². The largest absolute Gasteiger partial charge is 0.504 e. The summed E-state index contributed by atoms with van der Waals surface area (Å²) in [7, 11) is 1.45. The summed E-state index contributed by atoms with van der Waals surface area (Å²) >= 11 is 0. The Bertz CT molecular complexity index is 498. The number of rotatable bonds is 7. The van der Waals surface area contributed by atoms with Gasteiger partial charge in [-0.05, 0) is 17.7 Å². The molecule has 1 amide bonds.